The Morgan fingerprint density at radius 2 is 2.38 bits per heavy atom. The van der Waals surface area contributed by atoms with Gasteiger partial charge in [-0.15, -0.1) is 23.7 Å². The molecule has 1 aromatic rings. The number of hydrogen-bond donors (Lipinski definition) is 2. The van der Waals surface area contributed by atoms with Crippen molar-refractivity contribution >= 4 is 29.7 Å². The monoisotopic (exact) mass is 340 g/mol. The van der Waals surface area contributed by atoms with Crippen LogP contribution in [0.5, 0.6) is 5.75 Å². The van der Waals surface area contributed by atoms with Gasteiger partial charge in [0.2, 0.25) is 0 Å². The number of hydrogen-bond acceptors (Lipinski definition) is 4. The molecule has 0 spiro atoms. The second kappa shape index (κ2) is 8.51. The number of carbonyl (C=O) groups is 1. The third kappa shape index (κ3) is 5.41. The van der Waals surface area contributed by atoms with Crippen molar-refractivity contribution in [3.05, 3.63) is 15.8 Å². The van der Waals surface area contributed by atoms with E-state index < -0.39 is 6.61 Å². The molecule has 2 rings (SSSR count). The summed E-state index contributed by atoms with van der Waals surface area (Å²) >= 11 is 1.16. The lowest BCUT2D eigenvalue weighted by Gasteiger charge is -2.09. The zero-order valence-corrected chi connectivity index (χ0v) is 13.3. The lowest BCUT2D eigenvalue weighted by Crippen LogP contribution is -2.26. The number of carbonyl (C=O) groups excluding carboxylic acids is 1. The number of rotatable bonds is 6. The van der Waals surface area contributed by atoms with E-state index in [0.717, 1.165) is 42.1 Å². The van der Waals surface area contributed by atoms with Gasteiger partial charge in [0, 0.05) is 11.4 Å². The van der Waals surface area contributed by atoms with Crippen LogP contribution in [0.4, 0.5) is 8.78 Å². The molecular formula is C13H19ClF2N2O2S. The van der Waals surface area contributed by atoms with Crippen LogP contribution in [0.15, 0.2) is 6.07 Å². The summed E-state index contributed by atoms with van der Waals surface area (Å²) in [6.07, 6.45) is 2.02. The number of nitrogens with one attached hydrogen (secondary N) is 2. The molecule has 1 fully saturated rings. The van der Waals surface area contributed by atoms with Crippen molar-refractivity contribution in [3.63, 3.8) is 0 Å². The highest BCUT2D eigenvalue weighted by atomic mass is 35.5. The van der Waals surface area contributed by atoms with E-state index in [4.69, 9.17) is 0 Å². The van der Waals surface area contributed by atoms with E-state index >= 15 is 0 Å². The molecule has 4 nitrogen and oxygen atoms in total. The molecular weight excluding hydrogens is 322 g/mol. The van der Waals surface area contributed by atoms with Gasteiger partial charge in [-0.2, -0.15) is 8.78 Å². The van der Waals surface area contributed by atoms with Crippen molar-refractivity contribution in [2.75, 3.05) is 19.6 Å². The SMILES string of the molecule is Cc1cc(OC(F)F)c(C(=O)NCCC2CCNC2)s1.Cl. The molecule has 1 amide bonds. The van der Waals surface area contributed by atoms with E-state index in [-0.39, 0.29) is 28.9 Å². The van der Waals surface area contributed by atoms with Gasteiger partial charge in [0.1, 0.15) is 10.6 Å². The molecule has 0 radical (unpaired) electrons. The Hall–Kier alpha value is -0.920. The summed E-state index contributed by atoms with van der Waals surface area (Å²) in [5, 5.41) is 6.03. The second-order valence-electron chi connectivity index (χ2n) is 4.83. The zero-order chi connectivity index (χ0) is 14.5. The van der Waals surface area contributed by atoms with Gasteiger partial charge < -0.3 is 15.4 Å². The lowest BCUT2D eigenvalue weighted by molar-refractivity contribution is -0.0498. The van der Waals surface area contributed by atoms with Gasteiger partial charge in [-0.05, 0) is 44.8 Å². The predicted octanol–water partition coefficient (Wildman–Crippen LogP) is 2.81. The molecule has 8 heteroatoms. The largest absolute Gasteiger partial charge is 0.433 e. The van der Waals surface area contributed by atoms with Gasteiger partial charge in [-0.25, -0.2) is 0 Å². The second-order valence-corrected chi connectivity index (χ2v) is 6.09. The molecule has 120 valence electrons. The third-order valence-corrected chi connectivity index (χ3v) is 4.27. The maximum Gasteiger partial charge on any atom is 0.387 e. The first-order chi connectivity index (χ1) is 9.56. The van der Waals surface area contributed by atoms with Crippen LogP contribution in [0, 0.1) is 12.8 Å². The number of alkyl halides is 2. The topological polar surface area (TPSA) is 50.4 Å². The minimum atomic E-state index is -2.92. The number of amides is 1. The van der Waals surface area contributed by atoms with Crippen LogP contribution in [0.1, 0.15) is 27.4 Å². The van der Waals surface area contributed by atoms with E-state index in [1.54, 1.807) is 6.92 Å². The molecule has 1 aromatic heterocycles. The van der Waals surface area contributed by atoms with Gasteiger partial charge in [-0.1, -0.05) is 0 Å². The van der Waals surface area contributed by atoms with Crippen LogP contribution in [0.2, 0.25) is 0 Å². The molecule has 0 saturated carbocycles. The first-order valence-electron chi connectivity index (χ1n) is 6.60. The summed E-state index contributed by atoms with van der Waals surface area (Å²) < 4.78 is 28.9. The van der Waals surface area contributed by atoms with Crippen molar-refractivity contribution in [2.24, 2.45) is 5.92 Å². The fraction of sp³-hybridized carbons (Fsp3) is 0.615. The van der Waals surface area contributed by atoms with Gasteiger partial charge >= 0.3 is 6.61 Å². The highest BCUT2D eigenvalue weighted by Gasteiger charge is 2.20. The Balaban J connectivity index is 0.00000220. The smallest absolute Gasteiger partial charge is 0.387 e. The summed E-state index contributed by atoms with van der Waals surface area (Å²) in [5.41, 5.74) is 0. The molecule has 1 atom stereocenters. The highest BCUT2D eigenvalue weighted by Crippen LogP contribution is 2.30. The molecule has 1 aliphatic rings. The maximum atomic E-state index is 12.3. The molecule has 0 aliphatic carbocycles. The summed E-state index contributed by atoms with van der Waals surface area (Å²) in [7, 11) is 0. The molecule has 0 bridgehead atoms. The predicted molar refractivity (Wildman–Crippen MR) is 80.9 cm³/mol. The number of halogens is 3. The Labute approximate surface area is 132 Å². The van der Waals surface area contributed by atoms with Crippen LogP contribution in [0.3, 0.4) is 0 Å². The minimum absolute atomic E-state index is 0. The number of ether oxygens (including phenoxy) is 1. The summed E-state index contributed by atoms with van der Waals surface area (Å²) in [6.45, 7) is 1.39. The van der Waals surface area contributed by atoms with Crippen molar-refractivity contribution in [1.82, 2.24) is 10.6 Å². The average molecular weight is 341 g/mol. The Morgan fingerprint density at radius 3 is 3.00 bits per heavy atom. The Kier molecular flexibility index (Phi) is 7.34. The molecule has 1 aliphatic heterocycles. The van der Waals surface area contributed by atoms with Crippen molar-refractivity contribution < 1.29 is 18.3 Å². The molecule has 2 heterocycles. The van der Waals surface area contributed by atoms with Crippen LogP contribution in [-0.4, -0.2) is 32.2 Å². The summed E-state index contributed by atoms with van der Waals surface area (Å²) in [4.78, 5) is 13.0. The molecule has 21 heavy (non-hydrogen) atoms. The zero-order valence-electron chi connectivity index (χ0n) is 11.7. The van der Waals surface area contributed by atoms with Crippen LogP contribution >= 0.6 is 23.7 Å². The molecule has 1 saturated heterocycles. The standard InChI is InChI=1S/C13H18F2N2O2S.ClH/c1-8-6-10(19-13(14)15)11(20-8)12(18)17-5-3-9-2-4-16-7-9;/h6,9,13,16H,2-5,7H2,1H3,(H,17,18);1H. The molecule has 0 aromatic carbocycles. The van der Waals surface area contributed by atoms with Crippen molar-refractivity contribution in [3.8, 4) is 5.75 Å². The highest BCUT2D eigenvalue weighted by molar-refractivity contribution is 7.14. The summed E-state index contributed by atoms with van der Waals surface area (Å²) in [6, 6.07) is 1.46. The van der Waals surface area contributed by atoms with Gasteiger partial charge in [0.25, 0.3) is 5.91 Å². The maximum absolute atomic E-state index is 12.3. The van der Waals surface area contributed by atoms with E-state index in [0.29, 0.717) is 12.5 Å². The fourth-order valence-corrected chi connectivity index (χ4v) is 3.12. The Bertz CT molecular complexity index is 465. The van der Waals surface area contributed by atoms with E-state index in [9.17, 15) is 13.6 Å². The Morgan fingerprint density at radius 1 is 1.62 bits per heavy atom. The van der Waals surface area contributed by atoms with E-state index in [1.807, 2.05) is 0 Å². The first kappa shape index (κ1) is 18.1. The van der Waals surface area contributed by atoms with Crippen molar-refractivity contribution in [2.45, 2.75) is 26.4 Å². The van der Waals surface area contributed by atoms with E-state index in [2.05, 4.69) is 15.4 Å². The molecule has 2 N–H and O–H groups in total. The van der Waals surface area contributed by atoms with Gasteiger partial charge in [-0.3, -0.25) is 4.79 Å². The number of thiophene rings is 1. The fourth-order valence-electron chi connectivity index (χ4n) is 2.26. The van der Waals surface area contributed by atoms with Crippen molar-refractivity contribution in [1.29, 1.82) is 0 Å². The average Bonchev–Trinajstić information content (AvgIpc) is 2.98. The van der Waals surface area contributed by atoms with Crippen LogP contribution < -0.4 is 15.4 Å². The van der Waals surface area contributed by atoms with Crippen LogP contribution in [0.25, 0.3) is 0 Å². The number of aryl methyl sites for hydroxylation is 1. The van der Waals surface area contributed by atoms with Crippen LogP contribution in [-0.2, 0) is 0 Å². The van der Waals surface area contributed by atoms with Gasteiger partial charge in [0.05, 0.1) is 0 Å². The first-order valence-corrected chi connectivity index (χ1v) is 7.42. The quantitative estimate of drug-likeness (QED) is 0.837. The lowest BCUT2D eigenvalue weighted by atomic mass is 10.1. The summed E-state index contributed by atoms with van der Waals surface area (Å²) in [5.74, 6) is 0.199. The van der Waals surface area contributed by atoms with Gasteiger partial charge in [0.15, 0.2) is 0 Å². The molecule has 1 unspecified atom stereocenters. The minimum Gasteiger partial charge on any atom is -0.433 e. The third-order valence-electron chi connectivity index (χ3n) is 3.24. The normalized spacial score (nSPS) is 17.6. The van der Waals surface area contributed by atoms with E-state index in [1.165, 1.54) is 6.07 Å².